The lowest BCUT2D eigenvalue weighted by Crippen LogP contribution is -2.36. The summed E-state index contributed by atoms with van der Waals surface area (Å²) in [7, 11) is 0. The van der Waals surface area contributed by atoms with Crippen LogP contribution in [0.25, 0.3) is 0 Å². The third-order valence-electron chi connectivity index (χ3n) is 4.10. The maximum Gasteiger partial charge on any atom is 0.317 e. The second-order valence-electron chi connectivity index (χ2n) is 5.51. The van der Waals surface area contributed by atoms with Crippen LogP contribution in [0.3, 0.4) is 0 Å². The zero-order valence-electron chi connectivity index (χ0n) is 11.9. The molecule has 0 saturated carbocycles. The number of fused-ring (bicyclic) bond motifs is 1. The molecule has 1 N–H and O–H groups in total. The summed E-state index contributed by atoms with van der Waals surface area (Å²) in [5, 5.41) is 9.02. The highest BCUT2D eigenvalue weighted by molar-refractivity contribution is 5.69. The molecule has 2 rings (SSSR count). The summed E-state index contributed by atoms with van der Waals surface area (Å²) in [4.78, 5) is 13.0. The van der Waals surface area contributed by atoms with Crippen LogP contribution >= 0.6 is 0 Å². The largest absolute Gasteiger partial charge is 0.480 e. The molecule has 0 aliphatic heterocycles. The summed E-state index contributed by atoms with van der Waals surface area (Å²) < 4.78 is 0. The summed E-state index contributed by atoms with van der Waals surface area (Å²) in [6.07, 6.45) is 4.59. The molecule has 3 heteroatoms. The lowest BCUT2D eigenvalue weighted by molar-refractivity contribution is -0.139. The van der Waals surface area contributed by atoms with Crippen LogP contribution in [0.2, 0.25) is 0 Å². The van der Waals surface area contributed by atoms with Gasteiger partial charge in [-0.05, 0) is 49.3 Å². The number of carboxylic acid groups (broad SMARTS) is 1. The number of benzene rings is 1. The van der Waals surface area contributed by atoms with Gasteiger partial charge in [-0.3, -0.25) is 9.69 Å². The molecule has 0 spiro atoms. The number of rotatable bonds is 6. The first-order chi connectivity index (χ1) is 9.10. The van der Waals surface area contributed by atoms with Crippen LogP contribution in [0, 0.1) is 0 Å². The van der Waals surface area contributed by atoms with Crippen molar-refractivity contribution < 1.29 is 9.90 Å². The standard InChI is InChI=1S/C16H23NO2/c1-3-12(2)17(11-16(18)19)10-13-7-8-14-5-4-6-15(14)9-13/h7-9,12H,3-6,10-11H2,1-2H3,(H,18,19). The van der Waals surface area contributed by atoms with Crippen molar-refractivity contribution in [3.63, 3.8) is 0 Å². The van der Waals surface area contributed by atoms with Gasteiger partial charge >= 0.3 is 5.97 Å². The maximum absolute atomic E-state index is 11.0. The number of nitrogens with zero attached hydrogens (tertiary/aromatic N) is 1. The van der Waals surface area contributed by atoms with Crippen molar-refractivity contribution in [1.29, 1.82) is 0 Å². The summed E-state index contributed by atoms with van der Waals surface area (Å²) in [6, 6.07) is 6.93. The Kier molecular flexibility index (Phi) is 4.59. The molecule has 0 aromatic heterocycles. The molecule has 3 nitrogen and oxygen atoms in total. The highest BCUT2D eigenvalue weighted by Gasteiger charge is 2.17. The summed E-state index contributed by atoms with van der Waals surface area (Å²) in [5.74, 6) is -0.749. The van der Waals surface area contributed by atoms with Gasteiger partial charge in [0.25, 0.3) is 0 Å². The van der Waals surface area contributed by atoms with Crippen molar-refractivity contribution in [1.82, 2.24) is 4.90 Å². The molecule has 1 aliphatic carbocycles. The molecular weight excluding hydrogens is 238 g/mol. The quantitative estimate of drug-likeness (QED) is 0.856. The fourth-order valence-corrected chi connectivity index (χ4v) is 2.76. The van der Waals surface area contributed by atoms with E-state index in [4.69, 9.17) is 5.11 Å². The van der Waals surface area contributed by atoms with Gasteiger partial charge in [0, 0.05) is 12.6 Å². The van der Waals surface area contributed by atoms with E-state index < -0.39 is 5.97 Å². The Balaban J connectivity index is 2.09. The smallest absolute Gasteiger partial charge is 0.317 e. The zero-order valence-corrected chi connectivity index (χ0v) is 11.9. The Labute approximate surface area is 115 Å². The van der Waals surface area contributed by atoms with Crippen molar-refractivity contribution in [2.75, 3.05) is 6.54 Å². The second kappa shape index (κ2) is 6.20. The van der Waals surface area contributed by atoms with Gasteiger partial charge in [-0.15, -0.1) is 0 Å². The van der Waals surface area contributed by atoms with Crippen molar-refractivity contribution in [2.24, 2.45) is 0 Å². The first-order valence-electron chi connectivity index (χ1n) is 7.16. The van der Waals surface area contributed by atoms with E-state index in [-0.39, 0.29) is 6.54 Å². The van der Waals surface area contributed by atoms with Crippen molar-refractivity contribution in [2.45, 2.75) is 52.1 Å². The molecule has 0 heterocycles. The van der Waals surface area contributed by atoms with Crippen molar-refractivity contribution in [3.8, 4) is 0 Å². The Morgan fingerprint density at radius 1 is 1.37 bits per heavy atom. The van der Waals surface area contributed by atoms with Gasteiger partial charge in [-0.2, -0.15) is 0 Å². The van der Waals surface area contributed by atoms with E-state index in [0.29, 0.717) is 6.04 Å². The maximum atomic E-state index is 11.0. The van der Waals surface area contributed by atoms with Crippen LogP contribution < -0.4 is 0 Å². The number of carbonyl (C=O) groups is 1. The minimum atomic E-state index is -0.749. The van der Waals surface area contributed by atoms with Gasteiger partial charge in [-0.1, -0.05) is 25.1 Å². The number of hydrogen-bond donors (Lipinski definition) is 1. The van der Waals surface area contributed by atoms with E-state index in [9.17, 15) is 4.79 Å². The number of aliphatic carboxylic acids is 1. The van der Waals surface area contributed by atoms with E-state index in [1.54, 1.807) is 0 Å². The Hall–Kier alpha value is -1.35. The molecule has 1 unspecified atom stereocenters. The number of hydrogen-bond acceptors (Lipinski definition) is 2. The second-order valence-corrected chi connectivity index (χ2v) is 5.51. The highest BCUT2D eigenvalue weighted by Crippen LogP contribution is 2.23. The third-order valence-corrected chi connectivity index (χ3v) is 4.10. The van der Waals surface area contributed by atoms with E-state index in [2.05, 4.69) is 32.0 Å². The van der Waals surface area contributed by atoms with E-state index >= 15 is 0 Å². The van der Waals surface area contributed by atoms with Crippen LogP contribution in [0.4, 0.5) is 0 Å². The van der Waals surface area contributed by atoms with Crippen LogP contribution in [0.15, 0.2) is 18.2 Å². The van der Waals surface area contributed by atoms with Gasteiger partial charge in [0.15, 0.2) is 0 Å². The van der Waals surface area contributed by atoms with Gasteiger partial charge < -0.3 is 5.11 Å². The minimum absolute atomic E-state index is 0.117. The molecule has 0 fully saturated rings. The molecular formula is C16H23NO2. The van der Waals surface area contributed by atoms with E-state index in [1.165, 1.54) is 36.0 Å². The molecule has 1 aliphatic rings. The molecule has 0 amide bonds. The first-order valence-corrected chi connectivity index (χ1v) is 7.16. The predicted molar refractivity (Wildman–Crippen MR) is 76.3 cm³/mol. The van der Waals surface area contributed by atoms with Crippen LogP contribution in [0.5, 0.6) is 0 Å². The van der Waals surface area contributed by atoms with Crippen molar-refractivity contribution >= 4 is 5.97 Å². The molecule has 104 valence electrons. The molecule has 1 aromatic carbocycles. The SMILES string of the molecule is CCC(C)N(CC(=O)O)Cc1ccc2c(c1)CCC2. The lowest BCUT2D eigenvalue weighted by Gasteiger charge is -2.26. The van der Waals surface area contributed by atoms with E-state index in [1.807, 2.05) is 4.90 Å². The van der Waals surface area contributed by atoms with Crippen LogP contribution in [-0.2, 0) is 24.2 Å². The molecule has 1 aromatic rings. The average molecular weight is 261 g/mol. The number of carboxylic acids is 1. The molecule has 0 radical (unpaired) electrons. The minimum Gasteiger partial charge on any atom is -0.480 e. The normalized spacial score (nSPS) is 15.5. The van der Waals surface area contributed by atoms with E-state index in [0.717, 1.165) is 13.0 Å². The predicted octanol–water partition coefficient (Wildman–Crippen LogP) is 2.86. The summed E-state index contributed by atoms with van der Waals surface area (Å²) in [6.45, 7) is 5.04. The van der Waals surface area contributed by atoms with Gasteiger partial charge in [0.1, 0.15) is 0 Å². The van der Waals surface area contributed by atoms with Crippen LogP contribution in [-0.4, -0.2) is 28.6 Å². The summed E-state index contributed by atoms with van der Waals surface area (Å²) in [5.41, 5.74) is 4.16. The van der Waals surface area contributed by atoms with Gasteiger partial charge in [-0.25, -0.2) is 0 Å². The van der Waals surface area contributed by atoms with Crippen LogP contribution in [0.1, 0.15) is 43.4 Å². The fourth-order valence-electron chi connectivity index (χ4n) is 2.76. The molecule has 19 heavy (non-hydrogen) atoms. The monoisotopic (exact) mass is 261 g/mol. The fraction of sp³-hybridized carbons (Fsp3) is 0.562. The third kappa shape index (κ3) is 3.57. The molecule has 0 bridgehead atoms. The average Bonchev–Trinajstić information content (AvgIpc) is 2.84. The number of aryl methyl sites for hydroxylation is 2. The molecule has 1 atom stereocenters. The Morgan fingerprint density at radius 2 is 2.11 bits per heavy atom. The Bertz CT molecular complexity index is 456. The topological polar surface area (TPSA) is 40.5 Å². The Morgan fingerprint density at radius 3 is 2.79 bits per heavy atom. The molecule has 0 saturated heterocycles. The van der Waals surface area contributed by atoms with Gasteiger partial charge in [0.05, 0.1) is 6.54 Å². The van der Waals surface area contributed by atoms with Gasteiger partial charge in [0.2, 0.25) is 0 Å². The summed E-state index contributed by atoms with van der Waals surface area (Å²) >= 11 is 0. The highest BCUT2D eigenvalue weighted by atomic mass is 16.4. The van der Waals surface area contributed by atoms with Crippen molar-refractivity contribution in [3.05, 3.63) is 34.9 Å². The zero-order chi connectivity index (χ0) is 13.8. The first kappa shape index (κ1) is 14.1. The lowest BCUT2D eigenvalue weighted by atomic mass is 10.1.